The summed E-state index contributed by atoms with van der Waals surface area (Å²) in [6.07, 6.45) is 0. The Hall–Kier alpha value is -7.94. The molecule has 0 aliphatic rings. The van der Waals surface area contributed by atoms with Gasteiger partial charge in [-0.25, -0.2) is 0 Å². The lowest BCUT2D eigenvalue weighted by Gasteiger charge is -2.29. The molecule has 2 heteroatoms. The first-order valence-electron chi connectivity index (χ1n) is 20.6. The first kappa shape index (κ1) is 34.1. The van der Waals surface area contributed by atoms with Gasteiger partial charge in [0.05, 0.1) is 11.4 Å². The smallest absolute Gasteiger partial charge is 0.136 e. The number of para-hydroxylation sites is 1. The van der Waals surface area contributed by atoms with Crippen molar-refractivity contribution < 1.29 is 4.42 Å². The Morgan fingerprint density at radius 3 is 1.65 bits per heavy atom. The van der Waals surface area contributed by atoms with Gasteiger partial charge in [-0.15, -0.1) is 0 Å². The minimum Gasteiger partial charge on any atom is -0.456 e. The monoisotopic (exact) mass is 763 g/mol. The largest absolute Gasteiger partial charge is 0.456 e. The second kappa shape index (κ2) is 13.9. The SMILES string of the molecule is c1ccc(N(c2ccc(-c3ccc(-c4cccc5ccccc45)cc3)cc2)c2cccc3c2ccc2ccccc23)c(-c2cccc3oc4cc5ccccc5cc4c23)c1. The number of nitrogens with zero attached hydrogens (tertiary/aromatic N) is 1. The quantitative estimate of drug-likeness (QED) is 0.157. The Bertz CT molecular complexity index is 3590. The minimum absolute atomic E-state index is 0.881. The van der Waals surface area contributed by atoms with E-state index in [1.807, 2.05) is 0 Å². The van der Waals surface area contributed by atoms with E-state index in [0.717, 1.165) is 50.1 Å². The molecular weight excluding hydrogens is 727 g/mol. The van der Waals surface area contributed by atoms with Gasteiger partial charge in [-0.1, -0.05) is 182 Å². The molecule has 280 valence electrons. The molecule has 0 bridgehead atoms. The highest BCUT2D eigenvalue weighted by molar-refractivity contribution is 6.18. The Labute approximate surface area is 347 Å². The maximum Gasteiger partial charge on any atom is 0.136 e. The number of hydrogen-bond donors (Lipinski definition) is 0. The molecule has 0 saturated heterocycles. The lowest BCUT2D eigenvalue weighted by Crippen LogP contribution is -2.11. The summed E-state index contributed by atoms with van der Waals surface area (Å²) in [7, 11) is 0. The van der Waals surface area contributed by atoms with E-state index in [1.54, 1.807) is 0 Å². The third-order valence-corrected chi connectivity index (χ3v) is 12.2. The molecule has 0 saturated carbocycles. The van der Waals surface area contributed by atoms with Crippen molar-refractivity contribution in [3.63, 3.8) is 0 Å². The second-order valence-corrected chi connectivity index (χ2v) is 15.6. The van der Waals surface area contributed by atoms with Gasteiger partial charge in [-0.05, 0) is 108 Å². The fourth-order valence-electron chi connectivity index (χ4n) is 9.38. The van der Waals surface area contributed by atoms with Crippen molar-refractivity contribution in [1.82, 2.24) is 0 Å². The van der Waals surface area contributed by atoms with Crippen molar-refractivity contribution in [3.05, 3.63) is 224 Å². The van der Waals surface area contributed by atoms with E-state index >= 15 is 0 Å². The summed E-state index contributed by atoms with van der Waals surface area (Å²) in [6.45, 7) is 0. The zero-order chi connectivity index (χ0) is 39.6. The molecule has 0 unspecified atom stereocenters. The van der Waals surface area contributed by atoms with Crippen molar-refractivity contribution in [2.45, 2.75) is 0 Å². The van der Waals surface area contributed by atoms with Crippen LogP contribution in [0.1, 0.15) is 0 Å². The van der Waals surface area contributed by atoms with Crippen molar-refractivity contribution >= 4 is 82.1 Å². The highest BCUT2D eigenvalue weighted by Crippen LogP contribution is 2.47. The number of furan rings is 1. The van der Waals surface area contributed by atoms with Gasteiger partial charge in [-0.3, -0.25) is 0 Å². The van der Waals surface area contributed by atoms with Crippen LogP contribution in [0.5, 0.6) is 0 Å². The van der Waals surface area contributed by atoms with Crippen LogP contribution in [0.4, 0.5) is 17.1 Å². The van der Waals surface area contributed by atoms with Crippen LogP contribution in [-0.2, 0) is 0 Å². The molecule has 11 aromatic carbocycles. The van der Waals surface area contributed by atoms with Gasteiger partial charge >= 0.3 is 0 Å². The van der Waals surface area contributed by atoms with Crippen LogP contribution in [0, 0.1) is 0 Å². The molecular formula is C58H37NO. The average molecular weight is 764 g/mol. The Morgan fingerprint density at radius 2 is 0.833 bits per heavy atom. The predicted octanol–water partition coefficient (Wildman–Crippen LogP) is 16.7. The third-order valence-electron chi connectivity index (χ3n) is 12.2. The molecule has 12 rings (SSSR count). The Balaban J connectivity index is 1.03. The fraction of sp³-hybridized carbons (Fsp3) is 0. The molecule has 0 aliphatic carbocycles. The number of hydrogen-bond acceptors (Lipinski definition) is 2. The van der Waals surface area contributed by atoms with Gasteiger partial charge in [0, 0.05) is 27.4 Å². The van der Waals surface area contributed by atoms with E-state index in [9.17, 15) is 0 Å². The van der Waals surface area contributed by atoms with E-state index in [4.69, 9.17) is 4.42 Å². The van der Waals surface area contributed by atoms with Crippen LogP contribution < -0.4 is 4.90 Å². The van der Waals surface area contributed by atoms with E-state index < -0.39 is 0 Å². The predicted molar refractivity (Wildman–Crippen MR) is 255 cm³/mol. The Kier molecular flexibility index (Phi) is 7.89. The van der Waals surface area contributed by atoms with E-state index in [2.05, 4.69) is 229 Å². The molecule has 1 aromatic heterocycles. The third kappa shape index (κ3) is 5.57. The summed E-state index contributed by atoms with van der Waals surface area (Å²) in [5, 5.41) is 12.0. The summed E-state index contributed by atoms with van der Waals surface area (Å²) in [4.78, 5) is 2.44. The maximum absolute atomic E-state index is 6.58. The standard InChI is InChI=1S/C58H37NO/c1-2-15-44-37-57-53(36-43(44)14-1)58-52(22-11-25-56(58)60-57)50-19-7-8-23-54(50)59(55-24-10-21-49-48-18-6-4-13-41(48)32-35-51(49)55)45-33-30-39(31-34-45)38-26-28-42(29-27-38)47-20-9-16-40-12-3-5-17-46(40)47/h1-37H. The van der Waals surface area contributed by atoms with Gasteiger partial charge in [0.1, 0.15) is 11.2 Å². The van der Waals surface area contributed by atoms with E-state index in [-0.39, 0.29) is 0 Å². The van der Waals surface area contributed by atoms with Crippen LogP contribution >= 0.6 is 0 Å². The molecule has 2 nitrogen and oxygen atoms in total. The Morgan fingerprint density at radius 1 is 0.283 bits per heavy atom. The van der Waals surface area contributed by atoms with Gasteiger partial charge in [0.25, 0.3) is 0 Å². The molecule has 60 heavy (non-hydrogen) atoms. The normalized spacial score (nSPS) is 11.7. The number of fused-ring (bicyclic) bond motifs is 8. The molecule has 0 spiro atoms. The first-order valence-corrected chi connectivity index (χ1v) is 20.6. The van der Waals surface area contributed by atoms with Crippen molar-refractivity contribution in [2.75, 3.05) is 4.90 Å². The van der Waals surface area contributed by atoms with Crippen molar-refractivity contribution in [1.29, 1.82) is 0 Å². The van der Waals surface area contributed by atoms with Gasteiger partial charge < -0.3 is 9.32 Å². The highest BCUT2D eigenvalue weighted by Gasteiger charge is 2.22. The minimum atomic E-state index is 0.881. The topological polar surface area (TPSA) is 16.4 Å². The van der Waals surface area contributed by atoms with Crippen LogP contribution in [0.15, 0.2) is 229 Å². The summed E-state index contributed by atoms with van der Waals surface area (Å²) >= 11 is 0. The zero-order valence-corrected chi connectivity index (χ0v) is 32.7. The summed E-state index contributed by atoms with van der Waals surface area (Å²) in [5.41, 5.74) is 12.1. The first-order chi connectivity index (χ1) is 29.7. The molecule has 0 aliphatic heterocycles. The van der Waals surface area contributed by atoms with Crippen molar-refractivity contribution in [3.8, 4) is 33.4 Å². The molecule has 0 amide bonds. The molecule has 0 radical (unpaired) electrons. The van der Waals surface area contributed by atoms with Crippen molar-refractivity contribution in [2.24, 2.45) is 0 Å². The molecule has 12 aromatic rings. The zero-order valence-electron chi connectivity index (χ0n) is 32.7. The molecule has 0 N–H and O–H groups in total. The van der Waals surface area contributed by atoms with E-state index in [1.165, 1.54) is 65.3 Å². The summed E-state index contributed by atoms with van der Waals surface area (Å²) in [6, 6.07) is 81.3. The lowest BCUT2D eigenvalue weighted by atomic mass is 9.95. The van der Waals surface area contributed by atoms with Gasteiger partial charge in [0.2, 0.25) is 0 Å². The summed E-state index contributed by atoms with van der Waals surface area (Å²) in [5.74, 6) is 0. The average Bonchev–Trinajstić information content (AvgIpc) is 3.69. The maximum atomic E-state index is 6.58. The highest BCUT2D eigenvalue weighted by atomic mass is 16.3. The number of benzene rings is 11. The molecule has 1 heterocycles. The molecule has 0 fully saturated rings. The van der Waals surface area contributed by atoms with Gasteiger partial charge in [0.15, 0.2) is 0 Å². The fourth-order valence-corrected chi connectivity index (χ4v) is 9.38. The summed E-state index contributed by atoms with van der Waals surface area (Å²) < 4.78 is 6.58. The van der Waals surface area contributed by atoms with Crippen LogP contribution in [0.25, 0.3) is 98.4 Å². The van der Waals surface area contributed by atoms with Crippen LogP contribution in [0.2, 0.25) is 0 Å². The second-order valence-electron chi connectivity index (χ2n) is 15.6. The number of rotatable bonds is 6. The number of anilines is 3. The molecule has 0 atom stereocenters. The lowest BCUT2D eigenvalue weighted by molar-refractivity contribution is 0.669. The van der Waals surface area contributed by atoms with Gasteiger partial charge in [-0.2, -0.15) is 0 Å². The van der Waals surface area contributed by atoms with Crippen LogP contribution in [-0.4, -0.2) is 0 Å². The van der Waals surface area contributed by atoms with E-state index in [0.29, 0.717) is 0 Å². The van der Waals surface area contributed by atoms with Crippen LogP contribution in [0.3, 0.4) is 0 Å².